The van der Waals surface area contributed by atoms with Gasteiger partial charge in [-0.05, 0) is 24.8 Å². The van der Waals surface area contributed by atoms with E-state index in [0.717, 1.165) is 12.8 Å². The molecule has 1 heterocycles. The number of nitrogens with zero attached hydrogens (tertiary/aromatic N) is 1. The number of nitrogens with two attached hydrogens (primary N) is 1. The molecule has 0 aromatic carbocycles. The van der Waals surface area contributed by atoms with E-state index >= 15 is 0 Å². The third-order valence-corrected chi connectivity index (χ3v) is 3.39. The second kappa shape index (κ2) is 4.62. The minimum Gasteiger partial charge on any atom is -0.325 e. The van der Waals surface area contributed by atoms with Gasteiger partial charge in [0, 0.05) is 5.71 Å². The maximum atomic E-state index is 13.1. The van der Waals surface area contributed by atoms with Crippen molar-refractivity contribution in [2.75, 3.05) is 6.54 Å². The molecule has 0 spiro atoms. The lowest BCUT2D eigenvalue weighted by Gasteiger charge is -2.30. The van der Waals surface area contributed by atoms with Gasteiger partial charge in [-0.1, -0.05) is 18.9 Å². The molecule has 2 unspecified atom stereocenters. The number of hydrogen-bond acceptors (Lipinski definition) is 2. The van der Waals surface area contributed by atoms with Gasteiger partial charge in [0.25, 0.3) is 5.92 Å². The fourth-order valence-electron chi connectivity index (χ4n) is 2.46. The maximum Gasteiger partial charge on any atom is 0.265 e. The van der Waals surface area contributed by atoms with Crippen LogP contribution in [-0.2, 0) is 0 Å². The van der Waals surface area contributed by atoms with Crippen LogP contribution in [0.5, 0.6) is 0 Å². The first kappa shape index (κ1) is 11.7. The van der Waals surface area contributed by atoms with Crippen molar-refractivity contribution in [3.63, 3.8) is 0 Å². The third kappa shape index (κ3) is 2.67. The SMILES string of the molecule is NCC(F)(F)CC1=NC2CCCCC2C=C1. The summed E-state index contributed by atoms with van der Waals surface area (Å²) < 4.78 is 26.2. The topological polar surface area (TPSA) is 38.4 Å². The molecule has 0 radical (unpaired) electrons. The normalized spacial score (nSPS) is 29.8. The van der Waals surface area contributed by atoms with Crippen LogP contribution >= 0.6 is 0 Å². The number of alkyl halides is 2. The van der Waals surface area contributed by atoms with Crippen molar-refractivity contribution in [3.05, 3.63) is 12.2 Å². The van der Waals surface area contributed by atoms with E-state index in [1.54, 1.807) is 6.08 Å². The van der Waals surface area contributed by atoms with Crippen molar-refractivity contribution in [1.29, 1.82) is 0 Å². The zero-order chi connectivity index (χ0) is 11.6. The molecule has 2 atom stereocenters. The molecule has 1 saturated carbocycles. The Kier molecular flexibility index (Phi) is 3.38. The van der Waals surface area contributed by atoms with Crippen molar-refractivity contribution in [3.8, 4) is 0 Å². The van der Waals surface area contributed by atoms with Gasteiger partial charge in [0.05, 0.1) is 19.0 Å². The first-order valence-electron chi connectivity index (χ1n) is 5.93. The first-order valence-corrected chi connectivity index (χ1v) is 5.93. The lowest BCUT2D eigenvalue weighted by Crippen LogP contribution is -2.32. The highest BCUT2D eigenvalue weighted by molar-refractivity contribution is 5.96. The van der Waals surface area contributed by atoms with Crippen molar-refractivity contribution < 1.29 is 8.78 Å². The summed E-state index contributed by atoms with van der Waals surface area (Å²) in [5.74, 6) is -2.34. The number of fused-ring (bicyclic) bond motifs is 1. The summed E-state index contributed by atoms with van der Waals surface area (Å²) >= 11 is 0. The van der Waals surface area contributed by atoms with E-state index in [4.69, 9.17) is 5.73 Å². The van der Waals surface area contributed by atoms with Gasteiger partial charge in [0.1, 0.15) is 0 Å². The monoisotopic (exact) mass is 228 g/mol. The van der Waals surface area contributed by atoms with Gasteiger partial charge >= 0.3 is 0 Å². The molecule has 0 saturated heterocycles. The molecule has 1 fully saturated rings. The number of rotatable bonds is 3. The Bertz CT molecular complexity index is 310. The van der Waals surface area contributed by atoms with Crippen LogP contribution in [0.4, 0.5) is 8.78 Å². The molecule has 2 aliphatic rings. The average molecular weight is 228 g/mol. The summed E-state index contributed by atoms with van der Waals surface area (Å²) in [6.45, 7) is -0.603. The highest BCUT2D eigenvalue weighted by Gasteiger charge is 2.31. The van der Waals surface area contributed by atoms with Crippen LogP contribution in [0, 0.1) is 5.92 Å². The van der Waals surface area contributed by atoms with Crippen LogP contribution in [0.1, 0.15) is 32.1 Å². The molecular formula is C12H18F2N2. The molecule has 0 aromatic heterocycles. The molecule has 0 amide bonds. The summed E-state index contributed by atoms with van der Waals surface area (Å²) in [6, 6.07) is 0.238. The van der Waals surface area contributed by atoms with Crippen LogP contribution < -0.4 is 5.73 Å². The standard InChI is InChI=1S/C12H18F2N2/c13-12(14,8-15)7-10-6-5-9-3-1-2-4-11(9)16-10/h5-6,9,11H,1-4,7-8,15H2. The number of allylic oxidation sites excluding steroid dienone is 1. The Balaban J connectivity index is 2.02. The predicted octanol–water partition coefficient (Wildman–Crippen LogP) is 2.54. The molecule has 16 heavy (non-hydrogen) atoms. The van der Waals surface area contributed by atoms with Crippen molar-refractivity contribution in [2.45, 2.75) is 44.1 Å². The van der Waals surface area contributed by atoms with Crippen LogP contribution in [0.2, 0.25) is 0 Å². The van der Waals surface area contributed by atoms with Crippen LogP contribution in [0.25, 0.3) is 0 Å². The first-order chi connectivity index (χ1) is 7.61. The minimum atomic E-state index is -2.81. The van der Waals surface area contributed by atoms with Crippen LogP contribution in [-0.4, -0.2) is 24.2 Å². The van der Waals surface area contributed by atoms with E-state index < -0.39 is 12.5 Å². The number of aliphatic imine (C=N–C) groups is 1. The Morgan fingerprint density at radius 2 is 2.12 bits per heavy atom. The minimum absolute atomic E-state index is 0.238. The quantitative estimate of drug-likeness (QED) is 0.792. The second-order valence-corrected chi connectivity index (χ2v) is 4.73. The van der Waals surface area contributed by atoms with Crippen molar-refractivity contribution >= 4 is 5.71 Å². The number of hydrogen-bond donors (Lipinski definition) is 1. The zero-order valence-corrected chi connectivity index (χ0v) is 9.33. The summed E-state index contributed by atoms with van der Waals surface area (Å²) in [6.07, 6.45) is 8.07. The van der Waals surface area contributed by atoms with Gasteiger partial charge in [-0.3, -0.25) is 4.99 Å². The van der Waals surface area contributed by atoms with E-state index in [-0.39, 0.29) is 12.5 Å². The van der Waals surface area contributed by atoms with Crippen molar-refractivity contribution in [2.24, 2.45) is 16.6 Å². The molecule has 90 valence electrons. The fourth-order valence-corrected chi connectivity index (χ4v) is 2.46. The van der Waals surface area contributed by atoms with Gasteiger partial charge in [-0.2, -0.15) is 0 Å². The van der Waals surface area contributed by atoms with Gasteiger partial charge in [-0.15, -0.1) is 0 Å². The molecule has 2 N–H and O–H groups in total. The Labute approximate surface area is 94.6 Å². The average Bonchev–Trinajstić information content (AvgIpc) is 2.28. The Morgan fingerprint density at radius 3 is 2.88 bits per heavy atom. The maximum absolute atomic E-state index is 13.1. The Morgan fingerprint density at radius 1 is 1.38 bits per heavy atom. The molecule has 1 aliphatic heterocycles. The molecule has 0 aromatic rings. The third-order valence-electron chi connectivity index (χ3n) is 3.39. The second-order valence-electron chi connectivity index (χ2n) is 4.73. The molecular weight excluding hydrogens is 210 g/mol. The molecule has 4 heteroatoms. The Hall–Kier alpha value is -0.770. The van der Waals surface area contributed by atoms with Gasteiger partial charge in [0.2, 0.25) is 0 Å². The van der Waals surface area contributed by atoms with Gasteiger partial charge < -0.3 is 5.73 Å². The highest BCUT2D eigenvalue weighted by atomic mass is 19.3. The molecule has 1 aliphatic carbocycles. The van der Waals surface area contributed by atoms with Crippen LogP contribution in [0.15, 0.2) is 17.1 Å². The van der Waals surface area contributed by atoms with E-state index in [1.165, 1.54) is 12.8 Å². The fraction of sp³-hybridized carbons (Fsp3) is 0.750. The molecule has 2 rings (SSSR count). The highest BCUT2D eigenvalue weighted by Crippen LogP contribution is 2.31. The summed E-state index contributed by atoms with van der Waals surface area (Å²) in [5.41, 5.74) is 5.54. The van der Waals surface area contributed by atoms with E-state index in [9.17, 15) is 8.78 Å². The van der Waals surface area contributed by atoms with E-state index in [0.29, 0.717) is 11.6 Å². The number of halogens is 2. The lowest BCUT2D eigenvalue weighted by molar-refractivity contribution is 0.0190. The molecule has 0 bridgehead atoms. The van der Waals surface area contributed by atoms with Crippen molar-refractivity contribution in [1.82, 2.24) is 0 Å². The van der Waals surface area contributed by atoms with Gasteiger partial charge in [-0.25, -0.2) is 8.78 Å². The largest absolute Gasteiger partial charge is 0.325 e. The zero-order valence-electron chi connectivity index (χ0n) is 9.33. The summed E-state index contributed by atoms with van der Waals surface area (Å²) in [7, 11) is 0. The predicted molar refractivity (Wildman–Crippen MR) is 60.9 cm³/mol. The summed E-state index contributed by atoms with van der Waals surface area (Å²) in [4.78, 5) is 4.43. The van der Waals surface area contributed by atoms with E-state index in [2.05, 4.69) is 11.1 Å². The smallest absolute Gasteiger partial charge is 0.265 e. The van der Waals surface area contributed by atoms with E-state index in [1.807, 2.05) is 0 Å². The van der Waals surface area contributed by atoms with Crippen LogP contribution in [0.3, 0.4) is 0 Å². The number of dihydropyridines is 1. The summed E-state index contributed by atoms with van der Waals surface area (Å²) in [5, 5.41) is 0. The van der Waals surface area contributed by atoms with Gasteiger partial charge in [0.15, 0.2) is 0 Å². The lowest BCUT2D eigenvalue weighted by atomic mass is 9.82. The molecule has 2 nitrogen and oxygen atoms in total.